The number of benzene rings is 1. The summed E-state index contributed by atoms with van der Waals surface area (Å²) >= 11 is 0. The van der Waals surface area contributed by atoms with Gasteiger partial charge in [-0.15, -0.1) is 0 Å². The molecule has 5 aromatic rings. The monoisotopic (exact) mass is 334 g/mol. The third-order valence-corrected chi connectivity index (χ3v) is 4.41. The lowest BCUT2D eigenvalue weighted by Gasteiger charge is -2.11. The van der Waals surface area contributed by atoms with Crippen molar-refractivity contribution in [1.82, 2.24) is 19.9 Å². The van der Waals surface area contributed by atoms with Gasteiger partial charge in [-0.25, -0.2) is 4.98 Å². The predicted molar refractivity (Wildman–Crippen MR) is 104 cm³/mol. The number of rotatable bonds is 2. The van der Waals surface area contributed by atoms with Crippen LogP contribution in [0.3, 0.4) is 0 Å². The van der Waals surface area contributed by atoms with Crippen molar-refractivity contribution in [1.29, 1.82) is 0 Å². The molecule has 4 heterocycles. The summed E-state index contributed by atoms with van der Waals surface area (Å²) in [6.07, 6.45) is 5.39. The van der Waals surface area contributed by atoms with Gasteiger partial charge in [-0.2, -0.15) is 0 Å². The van der Waals surface area contributed by atoms with Crippen molar-refractivity contribution in [2.75, 3.05) is 0 Å². The van der Waals surface area contributed by atoms with Gasteiger partial charge < -0.3 is 0 Å². The summed E-state index contributed by atoms with van der Waals surface area (Å²) in [4.78, 5) is 18.5. The first-order chi connectivity index (χ1) is 12.9. The normalized spacial score (nSPS) is 11.1. The lowest BCUT2D eigenvalue weighted by atomic mass is 10.0. The molecule has 4 heteroatoms. The third-order valence-electron chi connectivity index (χ3n) is 4.41. The van der Waals surface area contributed by atoms with Crippen LogP contribution in [0.2, 0.25) is 0 Å². The summed E-state index contributed by atoms with van der Waals surface area (Å²) < 4.78 is 0. The van der Waals surface area contributed by atoms with Crippen LogP contribution < -0.4 is 0 Å². The smallest absolute Gasteiger partial charge is 0.0988 e. The van der Waals surface area contributed by atoms with Gasteiger partial charge in [0.05, 0.1) is 28.1 Å². The zero-order valence-corrected chi connectivity index (χ0v) is 13.9. The van der Waals surface area contributed by atoms with E-state index >= 15 is 0 Å². The predicted octanol–water partition coefficient (Wildman–Crippen LogP) is 4.91. The van der Waals surface area contributed by atoms with Crippen LogP contribution in [-0.2, 0) is 0 Å². The van der Waals surface area contributed by atoms with Gasteiger partial charge in [0.1, 0.15) is 0 Å². The van der Waals surface area contributed by atoms with E-state index in [4.69, 9.17) is 4.98 Å². The molecule has 4 nitrogen and oxygen atoms in total. The van der Waals surface area contributed by atoms with Gasteiger partial charge in [0.25, 0.3) is 0 Å². The summed E-state index contributed by atoms with van der Waals surface area (Å²) in [5.41, 5.74) is 5.37. The highest BCUT2D eigenvalue weighted by Crippen LogP contribution is 2.33. The first-order valence-electron chi connectivity index (χ1n) is 8.41. The minimum absolute atomic E-state index is 0.827. The molecule has 0 amide bonds. The Morgan fingerprint density at radius 2 is 1.38 bits per heavy atom. The molecular weight excluding hydrogens is 320 g/mol. The second-order valence-electron chi connectivity index (χ2n) is 6.02. The Kier molecular flexibility index (Phi) is 3.39. The maximum atomic E-state index is 5.01. The van der Waals surface area contributed by atoms with E-state index in [0.29, 0.717) is 0 Å². The van der Waals surface area contributed by atoms with Gasteiger partial charge in [-0.1, -0.05) is 18.2 Å². The highest BCUT2D eigenvalue weighted by Gasteiger charge is 2.14. The first kappa shape index (κ1) is 14.7. The van der Waals surface area contributed by atoms with Gasteiger partial charge in [0.2, 0.25) is 0 Å². The van der Waals surface area contributed by atoms with E-state index in [1.807, 2.05) is 48.5 Å². The third kappa shape index (κ3) is 2.40. The van der Waals surface area contributed by atoms with Gasteiger partial charge in [-0.3, -0.25) is 15.0 Å². The second-order valence-corrected chi connectivity index (χ2v) is 6.02. The highest BCUT2D eigenvalue weighted by atomic mass is 14.8. The molecule has 0 bridgehead atoms. The Morgan fingerprint density at radius 3 is 2.15 bits per heavy atom. The van der Waals surface area contributed by atoms with Crippen molar-refractivity contribution in [3.8, 4) is 22.6 Å². The van der Waals surface area contributed by atoms with Crippen molar-refractivity contribution in [2.24, 2.45) is 0 Å². The van der Waals surface area contributed by atoms with Crippen LogP contribution in [0.1, 0.15) is 0 Å². The molecule has 0 saturated carbocycles. The number of aromatic nitrogens is 4. The van der Waals surface area contributed by atoms with Crippen molar-refractivity contribution in [3.63, 3.8) is 0 Å². The van der Waals surface area contributed by atoms with Crippen molar-refractivity contribution in [2.45, 2.75) is 0 Å². The van der Waals surface area contributed by atoms with Crippen molar-refractivity contribution in [3.05, 3.63) is 85.3 Å². The fourth-order valence-electron chi connectivity index (χ4n) is 3.21. The molecular formula is C22H14N4. The quantitative estimate of drug-likeness (QED) is 0.431. The summed E-state index contributed by atoms with van der Waals surface area (Å²) in [6.45, 7) is 0. The summed E-state index contributed by atoms with van der Waals surface area (Å²) in [5, 5.41) is 2.10. The van der Waals surface area contributed by atoms with Gasteiger partial charge >= 0.3 is 0 Å². The fourth-order valence-corrected chi connectivity index (χ4v) is 3.21. The van der Waals surface area contributed by atoms with Crippen LogP contribution >= 0.6 is 0 Å². The lowest BCUT2D eigenvalue weighted by molar-refractivity contribution is 1.26. The molecule has 0 saturated heterocycles. The molecule has 0 radical (unpaired) electrons. The number of hydrogen-bond donors (Lipinski definition) is 0. The average molecular weight is 334 g/mol. The second kappa shape index (κ2) is 6.01. The molecule has 0 atom stereocenters. The van der Waals surface area contributed by atoms with E-state index in [1.165, 1.54) is 0 Å². The van der Waals surface area contributed by atoms with Crippen LogP contribution in [0.15, 0.2) is 85.3 Å². The molecule has 4 aromatic heterocycles. The van der Waals surface area contributed by atoms with Gasteiger partial charge in [0.15, 0.2) is 0 Å². The summed E-state index contributed by atoms with van der Waals surface area (Å²) in [6, 6.07) is 22.0. The fraction of sp³-hybridized carbons (Fsp3) is 0. The van der Waals surface area contributed by atoms with Crippen LogP contribution in [0, 0.1) is 0 Å². The molecule has 0 fully saturated rings. The largest absolute Gasteiger partial charge is 0.256 e. The van der Waals surface area contributed by atoms with Crippen molar-refractivity contribution >= 4 is 21.8 Å². The number of nitrogens with zero attached hydrogens (tertiary/aromatic N) is 4. The van der Waals surface area contributed by atoms with Crippen LogP contribution in [-0.4, -0.2) is 19.9 Å². The topological polar surface area (TPSA) is 51.6 Å². The number of pyridine rings is 4. The Labute approximate surface area is 150 Å². The SMILES string of the molecule is c1ccc(-c2cc3ccc4ncccc4c3nc2-c2ccccn2)nc1. The Balaban J connectivity index is 1.90. The molecule has 122 valence electrons. The number of hydrogen-bond acceptors (Lipinski definition) is 4. The molecule has 5 rings (SSSR count). The summed E-state index contributed by atoms with van der Waals surface area (Å²) in [5.74, 6) is 0. The Hall–Kier alpha value is -3.66. The van der Waals surface area contributed by atoms with Gasteiger partial charge in [0, 0.05) is 34.9 Å². The maximum Gasteiger partial charge on any atom is 0.0988 e. The van der Waals surface area contributed by atoms with E-state index in [2.05, 4.69) is 33.2 Å². The van der Waals surface area contributed by atoms with E-state index in [1.54, 1.807) is 18.6 Å². The molecule has 0 spiro atoms. The molecule has 1 aromatic carbocycles. The molecule has 0 N–H and O–H groups in total. The average Bonchev–Trinajstić information content (AvgIpc) is 2.74. The zero-order valence-electron chi connectivity index (χ0n) is 13.9. The maximum absolute atomic E-state index is 5.01. The minimum atomic E-state index is 0.827. The van der Waals surface area contributed by atoms with E-state index in [9.17, 15) is 0 Å². The standard InChI is InChI=1S/C22H14N4/c1-3-11-23-18(7-1)17-14-15-9-10-19-16(6-5-13-24-19)21(15)26-22(17)20-8-2-4-12-25-20/h1-14H. The zero-order chi connectivity index (χ0) is 17.3. The van der Waals surface area contributed by atoms with Crippen LogP contribution in [0.4, 0.5) is 0 Å². The van der Waals surface area contributed by atoms with Crippen molar-refractivity contribution < 1.29 is 0 Å². The van der Waals surface area contributed by atoms with Crippen LogP contribution in [0.5, 0.6) is 0 Å². The van der Waals surface area contributed by atoms with E-state index in [-0.39, 0.29) is 0 Å². The minimum Gasteiger partial charge on any atom is -0.256 e. The Bertz CT molecular complexity index is 1220. The highest BCUT2D eigenvalue weighted by molar-refractivity contribution is 6.06. The van der Waals surface area contributed by atoms with Gasteiger partial charge in [-0.05, 0) is 48.5 Å². The Morgan fingerprint density at radius 1 is 0.615 bits per heavy atom. The molecule has 26 heavy (non-hydrogen) atoms. The van der Waals surface area contributed by atoms with E-state index in [0.717, 1.165) is 44.5 Å². The molecule has 0 unspecified atom stereocenters. The summed E-state index contributed by atoms with van der Waals surface area (Å²) in [7, 11) is 0. The lowest BCUT2D eigenvalue weighted by Crippen LogP contribution is -1.95. The molecule has 0 aliphatic carbocycles. The number of fused-ring (bicyclic) bond motifs is 3. The molecule has 0 aliphatic rings. The molecule has 0 aliphatic heterocycles. The first-order valence-corrected chi connectivity index (χ1v) is 8.41. The van der Waals surface area contributed by atoms with E-state index < -0.39 is 0 Å². The van der Waals surface area contributed by atoms with Crippen LogP contribution in [0.25, 0.3) is 44.5 Å².